The number of aromatic amines is 2. The third kappa shape index (κ3) is 3.62. The van der Waals surface area contributed by atoms with Crippen LogP contribution in [0.2, 0.25) is 0 Å². The van der Waals surface area contributed by atoms with Crippen LogP contribution in [0.5, 0.6) is 0 Å². The van der Waals surface area contributed by atoms with Crippen LogP contribution in [0, 0.1) is 0 Å². The van der Waals surface area contributed by atoms with E-state index >= 15 is 0 Å². The summed E-state index contributed by atoms with van der Waals surface area (Å²) in [4.78, 5) is 20.4. The number of H-pyrrole nitrogens is 2. The first-order valence-electron chi connectivity index (χ1n) is 11.1. The minimum atomic E-state index is -0.803. The van der Waals surface area contributed by atoms with Crippen molar-refractivity contribution in [2.24, 2.45) is 0 Å². The minimum Gasteiger partial charge on any atom is -0.361 e. The summed E-state index contributed by atoms with van der Waals surface area (Å²) in [6.07, 6.45) is 9.88. The minimum absolute atomic E-state index is 0.0486. The summed E-state index contributed by atoms with van der Waals surface area (Å²) in [5.41, 5.74) is 3.30. The quantitative estimate of drug-likeness (QED) is 0.294. The predicted molar refractivity (Wildman–Crippen MR) is 125 cm³/mol. The molecule has 0 saturated carbocycles. The van der Waals surface area contributed by atoms with Crippen LogP contribution in [0.15, 0.2) is 60.9 Å². The summed E-state index contributed by atoms with van der Waals surface area (Å²) in [7, 11) is 0. The average molecular weight is 402 g/mol. The molecule has 0 bridgehead atoms. The molecule has 156 valence electrons. The number of carbonyl (C=O) groups excluding carboxylic acids is 1. The summed E-state index contributed by atoms with van der Waals surface area (Å²) in [5.74, 6) is 0.0486. The van der Waals surface area contributed by atoms with E-state index in [1.165, 1.54) is 19.3 Å². The SMILES string of the molecule is CCCCCCCNC(=O)C(C)(c1c[nH]c2ccccc12)c1c[nH]c2ccccc12. The lowest BCUT2D eigenvalue weighted by molar-refractivity contribution is -0.124. The fourth-order valence-electron chi connectivity index (χ4n) is 4.47. The second kappa shape index (κ2) is 8.78. The van der Waals surface area contributed by atoms with Crippen LogP contribution in [0.3, 0.4) is 0 Å². The first kappa shape index (κ1) is 20.3. The Labute approximate surface area is 178 Å². The second-order valence-corrected chi connectivity index (χ2v) is 8.29. The first-order valence-corrected chi connectivity index (χ1v) is 11.1. The van der Waals surface area contributed by atoms with Crippen LogP contribution >= 0.6 is 0 Å². The van der Waals surface area contributed by atoms with Gasteiger partial charge in [-0.05, 0) is 36.6 Å². The number of rotatable bonds is 9. The van der Waals surface area contributed by atoms with Gasteiger partial charge in [-0.15, -0.1) is 0 Å². The van der Waals surface area contributed by atoms with E-state index in [1.54, 1.807) is 0 Å². The average Bonchev–Trinajstić information content (AvgIpc) is 3.40. The highest BCUT2D eigenvalue weighted by atomic mass is 16.2. The highest BCUT2D eigenvalue weighted by molar-refractivity contribution is 6.01. The van der Waals surface area contributed by atoms with Crippen LogP contribution in [0.25, 0.3) is 21.8 Å². The van der Waals surface area contributed by atoms with Gasteiger partial charge in [0.1, 0.15) is 5.41 Å². The molecule has 0 aliphatic carbocycles. The Balaban J connectivity index is 1.71. The Kier molecular flexibility index (Phi) is 5.93. The van der Waals surface area contributed by atoms with Gasteiger partial charge >= 0.3 is 0 Å². The van der Waals surface area contributed by atoms with Crippen molar-refractivity contribution in [2.45, 2.75) is 51.4 Å². The molecule has 0 aliphatic rings. The lowest BCUT2D eigenvalue weighted by Crippen LogP contribution is -2.43. The maximum absolute atomic E-state index is 13.7. The van der Waals surface area contributed by atoms with E-state index in [2.05, 4.69) is 46.5 Å². The summed E-state index contributed by atoms with van der Waals surface area (Å²) >= 11 is 0. The van der Waals surface area contributed by atoms with E-state index in [0.29, 0.717) is 6.54 Å². The molecule has 0 atom stereocenters. The fraction of sp³-hybridized carbons (Fsp3) is 0.346. The van der Waals surface area contributed by atoms with E-state index in [9.17, 15) is 4.79 Å². The molecular weight excluding hydrogens is 370 g/mol. The molecule has 0 aliphatic heterocycles. The van der Waals surface area contributed by atoms with Crippen molar-refractivity contribution < 1.29 is 4.79 Å². The first-order chi connectivity index (χ1) is 14.7. The van der Waals surface area contributed by atoms with E-state index in [0.717, 1.165) is 45.8 Å². The van der Waals surface area contributed by atoms with Gasteiger partial charge in [0.15, 0.2) is 0 Å². The zero-order valence-corrected chi connectivity index (χ0v) is 17.9. The van der Waals surface area contributed by atoms with Gasteiger partial charge < -0.3 is 15.3 Å². The van der Waals surface area contributed by atoms with Gasteiger partial charge in [0.05, 0.1) is 0 Å². The third-order valence-corrected chi connectivity index (χ3v) is 6.28. The van der Waals surface area contributed by atoms with Crippen LogP contribution < -0.4 is 5.32 Å². The van der Waals surface area contributed by atoms with Gasteiger partial charge in [-0.25, -0.2) is 0 Å². The topological polar surface area (TPSA) is 60.7 Å². The van der Waals surface area contributed by atoms with Gasteiger partial charge in [-0.1, -0.05) is 69.0 Å². The molecule has 4 heteroatoms. The van der Waals surface area contributed by atoms with Gasteiger partial charge in [-0.2, -0.15) is 0 Å². The number of fused-ring (bicyclic) bond motifs is 2. The number of nitrogens with one attached hydrogen (secondary N) is 3. The molecule has 0 saturated heterocycles. The van der Waals surface area contributed by atoms with Crippen molar-refractivity contribution in [2.75, 3.05) is 6.54 Å². The summed E-state index contributed by atoms with van der Waals surface area (Å²) < 4.78 is 0. The molecule has 4 aromatic rings. The number of unbranched alkanes of at least 4 members (excludes halogenated alkanes) is 4. The van der Waals surface area contributed by atoms with Crippen molar-refractivity contribution in [3.63, 3.8) is 0 Å². The standard InChI is InChI=1S/C26H31N3O/c1-3-4-5-6-11-16-27-25(30)26(2,21-17-28-23-14-9-7-12-19(21)23)22-18-29-24-15-10-8-13-20(22)24/h7-10,12-15,17-18,28-29H,3-6,11,16H2,1-2H3,(H,27,30). The molecule has 0 radical (unpaired) electrons. The smallest absolute Gasteiger partial charge is 0.235 e. The molecule has 4 rings (SSSR count). The fourth-order valence-corrected chi connectivity index (χ4v) is 4.47. The summed E-state index contributed by atoms with van der Waals surface area (Å²) in [5, 5.41) is 5.41. The van der Waals surface area contributed by atoms with Crippen LogP contribution in [0.4, 0.5) is 0 Å². The number of hydrogen-bond donors (Lipinski definition) is 3. The molecule has 0 fully saturated rings. The molecule has 2 aromatic carbocycles. The summed E-state index contributed by atoms with van der Waals surface area (Å²) in [6.45, 7) is 4.98. The van der Waals surface area contributed by atoms with Gasteiger partial charge in [0, 0.05) is 40.7 Å². The molecule has 2 heterocycles. The number of amides is 1. The molecule has 0 unspecified atom stereocenters. The van der Waals surface area contributed by atoms with E-state index in [4.69, 9.17) is 0 Å². The molecule has 3 N–H and O–H groups in total. The van der Waals surface area contributed by atoms with Crippen molar-refractivity contribution in [1.29, 1.82) is 0 Å². The van der Waals surface area contributed by atoms with E-state index in [1.807, 2.05) is 43.6 Å². The van der Waals surface area contributed by atoms with Crippen LogP contribution in [-0.4, -0.2) is 22.4 Å². The number of carbonyl (C=O) groups is 1. The number of hydrogen-bond acceptors (Lipinski definition) is 1. The van der Waals surface area contributed by atoms with E-state index < -0.39 is 5.41 Å². The highest BCUT2D eigenvalue weighted by Gasteiger charge is 2.40. The predicted octanol–water partition coefficient (Wildman–Crippen LogP) is 6.04. The Morgan fingerprint density at radius 1 is 0.833 bits per heavy atom. The van der Waals surface area contributed by atoms with Gasteiger partial charge in [-0.3, -0.25) is 4.79 Å². The normalized spacial score (nSPS) is 11.9. The Morgan fingerprint density at radius 3 is 1.93 bits per heavy atom. The Morgan fingerprint density at radius 2 is 1.37 bits per heavy atom. The largest absolute Gasteiger partial charge is 0.361 e. The molecule has 2 aromatic heterocycles. The van der Waals surface area contributed by atoms with Crippen LogP contribution in [-0.2, 0) is 10.2 Å². The zero-order chi connectivity index (χ0) is 21.0. The lowest BCUT2D eigenvalue weighted by Gasteiger charge is -2.28. The van der Waals surface area contributed by atoms with Crippen molar-refractivity contribution in [3.05, 3.63) is 72.1 Å². The molecule has 30 heavy (non-hydrogen) atoms. The Bertz CT molecular complexity index is 1060. The second-order valence-electron chi connectivity index (χ2n) is 8.29. The zero-order valence-electron chi connectivity index (χ0n) is 17.9. The molecule has 1 amide bonds. The third-order valence-electron chi connectivity index (χ3n) is 6.28. The van der Waals surface area contributed by atoms with Gasteiger partial charge in [0.25, 0.3) is 0 Å². The molecular formula is C26H31N3O. The number of para-hydroxylation sites is 2. The number of aromatic nitrogens is 2. The van der Waals surface area contributed by atoms with E-state index in [-0.39, 0.29) is 5.91 Å². The molecule has 4 nitrogen and oxygen atoms in total. The Hall–Kier alpha value is -3.01. The lowest BCUT2D eigenvalue weighted by atomic mass is 9.75. The number of benzene rings is 2. The van der Waals surface area contributed by atoms with Crippen LogP contribution in [0.1, 0.15) is 57.1 Å². The monoisotopic (exact) mass is 401 g/mol. The van der Waals surface area contributed by atoms with Crippen molar-refractivity contribution >= 4 is 27.7 Å². The maximum atomic E-state index is 13.7. The van der Waals surface area contributed by atoms with Gasteiger partial charge in [0.2, 0.25) is 5.91 Å². The van der Waals surface area contributed by atoms with Crippen molar-refractivity contribution in [3.8, 4) is 0 Å². The molecule has 0 spiro atoms. The summed E-state index contributed by atoms with van der Waals surface area (Å²) in [6, 6.07) is 16.4. The maximum Gasteiger partial charge on any atom is 0.235 e. The van der Waals surface area contributed by atoms with Crippen molar-refractivity contribution in [1.82, 2.24) is 15.3 Å². The highest BCUT2D eigenvalue weighted by Crippen LogP contribution is 2.40.